The Morgan fingerprint density at radius 2 is 2.04 bits per heavy atom. The van der Waals surface area contributed by atoms with Gasteiger partial charge >= 0.3 is 0 Å². The van der Waals surface area contributed by atoms with E-state index in [1.807, 2.05) is 7.05 Å². The monoisotopic (exact) mass is 358 g/mol. The van der Waals surface area contributed by atoms with Crippen molar-refractivity contribution in [3.63, 3.8) is 0 Å². The molecule has 1 aromatic rings. The second-order valence-corrected chi connectivity index (χ2v) is 9.43. The quantitative estimate of drug-likeness (QED) is 0.750. The van der Waals surface area contributed by atoms with Gasteiger partial charge in [0.15, 0.2) is 5.11 Å². The van der Waals surface area contributed by atoms with Crippen molar-refractivity contribution in [3.05, 3.63) is 34.9 Å². The third kappa shape index (κ3) is 3.32. The van der Waals surface area contributed by atoms with Gasteiger partial charge in [-0.25, -0.2) is 0 Å². The van der Waals surface area contributed by atoms with E-state index in [2.05, 4.69) is 56.5 Å². The second-order valence-electron chi connectivity index (χ2n) is 9.02. The first-order valence-corrected chi connectivity index (χ1v) is 10.3. The van der Waals surface area contributed by atoms with E-state index in [0.717, 1.165) is 17.6 Å². The topological polar surface area (TPSA) is 24.1 Å². The maximum absolute atomic E-state index is 5.33. The van der Waals surface area contributed by atoms with Gasteiger partial charge in [-0.2, -0.15) is 0 Å². The molecule has 3 heteroatoms. The molecule has 0 unspecified atom stereocenters. The van der Waals surface area contributed by atoms with Crippen LogP contribution in [0.4, 0.5) is 0 Å². The van der Waals surface area contributed by atoms with E-state index < -0.39 is 0 Å². The lowest BCUT2D eigenvalue weighted by Crippen LogP contribution is -2.53. The Hall–Kier alpha value is -1.09. The maximum Gasteiger partial charge on any atom is 0.166 e. The third-order valence-corrected chi connectivity index (χ3v) is 7.40. The highest BCUT2D eigenvalue weighted by Gasteiger charge is 2.51. The van der Waals surface area contributed by atoms with Gasteiger partial charge in [0.2, 0.25) is 0 Å². The van der Waals surface area contributed by atoms with Crippen molar-refractivity contribution >= 4 is 17.3 Å². The average molecular weight is 359 g/mol. The van der Waals surface area contributed by atoms with Crippen LogP contribution in [-0.2, 0) is 11.8 Å². The number of nitrogens with one attached hydrogen (secondary N) is 2. The molecule has 2 aliphatic rings. The highest BCUT2D eigenvalue weighted by atomic mass is 32.1. The molecule has 0 heterocycles. The first-order valence-electron chi connectivity index (χ1n) is 9.89. The number of aryl methyl sites for hydroxylation is 1. The Kier molecular flexibility index (Phi) is 5.16. The Morgan fingerprint density at radius 1 is 1.28 bits per heavy atom. The number of hydrogen-bond donors (Lipinski definition) is 2. The number of rotatable bonds is 3. The van der Waals surface area contributed by atoms with Crippen molar-refractivity contribution in [3.8, 4) is 0 Å². The van der Waals surface area contributed by atoms with Crippen molar-refractivity contribution in [2.75, 3.05) is 13.6 Å². The van der Waals surface area contributed by atoms with E-state index in [9.17, 15) is 0 Å². The summed E-state index contributed by atoms with van der Waals surface area (Å²) < 4.78 is 0. The molecule has 0 aliphatic heterocycles. The fraction of sp³-hybridized carbons (Fsp3) is 0.682. The molecule has 0 bridgehead atoms. The summed E-state index contributed by atoms with van der Waals surface area (Å²) in [5.41, 5.74) is 5.32. The van der Waals surface area contributed by atoms with Crippen LogP contribution < -0.4 is 10.6 Å². The zero-order chi connectivity index (χ0) is 18.2. The van der Waals surface area contributed by atoms with Crippen molar-refractivity contribution in [1.82, 2.24) is 10.6 Å². The van der Waals surface area contributed by atoms with E-state index in [1.54, 1.807) is 11.1 Å². The summed E-state index contributed by atoms with van der Waals surface area (Å²) in [5, 5.41) is 7.29. The van der Waals surface area contributed by atoms with Gasteiger partial charge in [-0.05, 0) is 77.3 Å². The molecule has 1 saturated carbocycles. The molecule has 0 spiro atoms. The highest BCUT2D eigenvalue weighted by molar-refractivity contribution is 7.80. The lowest BCUT2D eigenvalue weighted by Gasteiger charge is -2.55. The van der Waals surface area contributed by atoms with Crippen LogP contribution in [0.25, 0.3) is 0 Å². The van der Waals surface area contributed by atoms with Crippen molar-refractivity contribution in [2.24, 2.45) is 11.3 Å². The number of benzene rings is 1. The van der Waals surface area contributed by atoms with Crippen LogP contribution in [-0.4, -0.2) is 18.7 Å². The first-order chi connectivity index (χ1) is 11.8. The fourth-order valence-corrected chi connectivity index (χ4v) is 5.66. The summed E-state index contributed by atoms with van der Waals surface area (Å²) in [5.74, 6) is 1.33. The van der Waals surface area contributed by atoms with E-state index in [-0.39, 0.29) is 0 Å². The molecule has 25 heavy (non-hydrogen) atoms. The lowest BCUT2D eigenvalue weighted by molar-refractivity contribution is 0.0293. The molecular formula is C22H34N2S. The van der Waals surface area contributed by atoms with E-state index >= 15 is 0 Å². The summed E-state index contributed by atoms with van der Waals surface area (Å²) in [6, 6.07) is 7.31. The van der Waals surface area contributed by atoms with Crippen LogP contribution in [0.1, 0.15) is 76.0 Å². The van der Waals surface area contributed by atoms with Gasteiger partial charge in [0, 0.05) is 13.6 Å². The van der Waals surface area contributed by atoms with Crippen LogP contribution in [0.15, 0.2) is 18.2 Å². The molecule has 0 amide bonds. The van der Waals surface area contributed by atoms with Gasteiger partial charge < -0.3 is 10.6 Å². The molecule has 3 atom stereocenters. The molecular weight excluding hydrogens is 324 g/mol. The molecule has 2 aliphatic carbocycles. The molecule has 2 nitrogen and oxygen atoms in total. The zero-order valence-corrected chi connectivity index (χ0v) is 17.4. The summed E-state index contributed by atoms with van der Waals surface area (Å²) in [7, 11) is 1.89. The number of thiocarbonyl (C=S) groups is 1. The van der Waals surface area contributed by atoms with Crippen LogP contribution in [0.3, 0.4) is 0 Å². The average Bonchev–Trinajstić information content (AvgIpc) is 2.59. The summed E-state index contributed by atoms with van der Waals surface area (Å²) in [6.07, 6.45) is 6.45. The van der Waals surface area contributed by atoms with Gasteiger partial charge in [0.05, 0.1) is 0 Å². The molecule has 0 aromatic heterocycles. The first kappa shape index (κ1) is 18.7. The summed E-state index contributed by atoms with van der Waals surface area (Å²) >= 11 is 5.33. The van der Waals surface area contributed by atoms with Crippen molar-refractivity contribution < 1.29 is 0 Å². The highest BCUT2D eigenvalue weighted by Crippen LogP contribution is 2.57. The number of hydrogen-bond acceptors (Lipinski definition) is 1. The lowest BCUT2D eigenvalue weighted by atomic mass is 9.49. The molecule has 138 valence electrons. The molecule has 0 radical (unpaired) electrons. The maximum atomic E-state index is 5.33. The molecule has 1 fully saturated rings. The Morgan fingerprint density at radius 3 is 2.72 bits per heavy atom. The molecule has 1 aromatic carbocycles. The standard InChI is InChI=1S/C22H34N2S/c1-15(2)16-7-9-18-17(13-16)8-10-19-21(3,14-24-20(25)23-5)11-6-12-22(18,19)4/h7,9,13,15,19H,6,8,10-12,14H2,1-5H3,(H2,23,24,25)/t19-,21-,22+/m0/s1. The van der Waals surface area contributed by atoms with E-state index in [4.69, 9.17) is 12.2 Å². The minimum absolute atomic E-state index is 0.305. The normalized spacial score (nSPS) is 31.2. The zero-order valence-electron chi connectivity index (χ0n) is 16.5. The minimum Gasteiger partial charge on any atom is -0.366 e. The van der Waals surface area contributed by atoms with E-state index in [1.165, 1.54) is 37.7 Å². The van der Waals surface area contributed by atoms with Crippen molar-refractivity contribution in [1.29, 1.82) is 0 Å². The molecule has 2 N–H and O–H groups in total. The van der Waals surface area contributed by atoms with Crippen LogP contribution in [0.2, 0.25) is 0 Å². The van der Waals surface area contributed by atoms with Crippen LogP contribution in [0, 0.1) is 11.3 Å². The van der Waals surface area contributed by atoms with Gasteiger partial charge in [-0.15, -0.1) is 0 Å². The minimum atomic E-state index is 0.305. The summed E-state index contributed by atoms with van der Waals surface area (Å²) in [4.78, 5) is 0. The van der Waals surface area contributed by atoms with Crippen LogP contribution >= 0.6 is 12.2 Å². The van der Waals surface area contributed by atoms with Gasteiger partial charge in [0.1, 0.15) is 0 Å². The number of fused-ring (bicyclic) bond motifs is 3. The van der Waals surface area contributed by atoms with E-state index in [0.29, 0.717) is 16.7 Å². The third-order valence-electron chi connectivity index (χ3n) is 7.05. The SMILES string of the molecule is CNC(=S)NC[C@]1(C)CCC[C@]2(C)c3ccc(C(C)C)cc3CC[C@@H]12. The van der Waals surface area contributed by atoms with Crippen molar-refractivity contribution in [2.45, 2.75) is 71.1 Å². The predicted molar refractivity (Wildman–Crippen MR) is 111 cm³/mol. The largest absolute Gasteiger partial charge is 0.366 e. The predicted octanol–water partition coefficient (Wildman–Crippen LogP) is 4.91. The van der Waals surface area contributed by atoms with Crippen LogP contribution in [0.5, 0.6) is 0 Å². The Labute approximate surface area is 159 Å². The second kappa shape index (κ2) is 6.90. The van der Waals surface area contributed by atoms with Gasteiger partial charge in [0.25, 0.3) is 0 Å². The fourth-order valence-electron chi connectivity index (χ4n) is 5.59. The molecule has 3 rings (SSSR count). The summed E-state index contributed by atoms with van der Waals surface area (Å²) in [6.45, 7) is 10.6. The van der Waals surface area contributed by atoms with Gasteiger partial charge in [-0.3, -0.25) is 0 Å². The Balaban J connectivity index is 1.91. The smallest absolute Gasteiger partial charge is 0.166 e. The molecule has 0 saturated heterocycles. The van der Waals surface area contributed by atoms with Gasteiger partial charge in [-0.1, -0.05) is 52.3 Å². The Bertz CT molecular complexity index is 653.